The molecule has 1 aromatic heterocycles. The summed E-state index contributed by atoms with van der Waals surface area (Å²) in [6.07, 6.45) is 0. The lowest BCUT2D eigenvalue weighted by Crippen LogP contribution is -2.30. The number of nitrogens with zero attached hydrogens (tertiary/aromatic N) is 4. The summed E-state index contributed by atoms with van der Waals surface area (Å²) in [6.45, 7) is 6.04. The molecule has 0 spiro atoms. The van der Waals surface area contributed by atoms with Crippen LogP contribution in [-0.4, -0.2) is 46.7 Å². The second-order valence-corrected chi connectivity index (χ2v) is 10.6. The van der Waals surface area contributed by atoms with E-state index in [9.17, 15) is 18.5 Å². The molecule has 0 amide bonds. The summed E-state index contributed by atoms with van der Waals surface area (Å²) >= 11 is 4.00. The molecule has 26 heavy (non-hydrogen) atoms. The number of aromatic nitrogens is 2. The number of benzene rings is 1. The normalized spacial score (nSPS) is 11.8. The number of nitro groups is 1. The highest BCUT2D eigenvalue weighted by atomic mass is 32.2. The largest absolute Gasteiger partial charge is 0.284 e. The van der Waals surface area contributed by atoms with E-state index in [2.05, 4.69) is 10.2 Å². The summed E-state index contributed by atoms with van der Waals surface area (Å²) in [6, 6.07) is 3.96. The van der Waals surface area contributed by atoms with Gasteiger partial charge in [0, 0.05) is 19.2 Å². The van der Waals surface area contributed by atoms with Gasteiger partial charge in [-0.15, -0.1) is 10.2 Å². The van der Waals surface area contributed by atoms with E-state index in [1.54, 1.807) is 25.6 Å². The topological polar surface area (TPSA) is 106 Å². The highest BCUT2D eigenvalue weighted by Crippen LogP contribution is 2.39. The third kappa shape index (κ3) is 4.74. The molecule has 2 aromatic rings. The molecule has 0 bridgehead atoms. The van der Waals surface area contributed by atoms with Gasteiger partial charge in [-0.3, -0.25) is 10.1 Å². The standard InChI is InChI=1S/C14H18N4O4S4/c1-4-17(5-2)26(21,22)10-7-8-12(11(9-10)18(19)20)24-14-16-15-13(25-14)23-6-3/h7-9H,4-6H2,1-3H3. The van der Waals surface area contributed by atoms with Crippen LogP contribution in [0.1, 0.15) is 20.8 Å². The number of hydrogen-bond acceptors (Lipinski definition) is 9. The van der Waals surface area contributed by atoms with E-state index in [1.807, 2.05) is 6.92 Å². The molecule has 2 rings (SSSR count). The second-order valence-electron chi connectivity index (χ2n) is 4.84. The first-order valence-corrected chi connectivity index (χ1v) is 11.8. The van der Waals surface area contributed by atoms with Gasteiger partial charge in [-0.1, -0.05) is 55.6 Å². The van der Waals surface area contributed by atoms with E-state index in [0.29, 0.717) is 22.3 Å². The quantitative estimate of drug-likeness (QED) is 0.334. The fourth-order valence-corrected chi connectivity index (χ4v) is 6.55. The SMILES string of the molecule is CCSc1nnc(Sc2ccc(S(=O)(=O)N(CC)CC)cc2[N+](=O)[O-])s1. The van der Waals surface area contributed by atoms with E-state index in [0.717, 1.165) is 27.9 Å². The molecule has 1 aromatic carbocycles. The molecule has 0 N–H and O–H groups in total. The summed E-state index contributed by atoms with van der Waals surface area (Å²) in [5, 5.41) is 19.5. The molecule has 0 radical (unpaired) electrons. The minimum absolute atomic E-state index is 0.0864. The predicted molar refractivity (Wildman–Crippen MR) is 104 cm³/mol. The van der Waals surface area contributed by atoms with Crippen LogP contribution in [0.5, 0.6) is 0 Å². The highest BCUT2D eigenvalue weighted by molar-refractivity contribution is 8.03. The van der Waals surface area contributed by atoms with Gasteiger partial charge in [0.05, 0.1) is 14.7 Å². The Morgan fingerprint density at radius 1 is 1.19 bits per heavy atom. The van der Waals surface area contributed by atoms with Crippen molar-refractivity contribution in [2.24, 2.45) is 0 Å². The smallest absolute Gasteiger partial charge is 0.258 e. The Kier molecular flexibility index (Phi) is 7.41. The lowest BCUT2D eigenvalue weighted by Gasteiger charge is -2.18. The molecule has 0 saturated carbocycles. The van der Waals surface area contributed by atoms with Gasteiger partial charge in [-0.25, -0.2) is 8.42 Å². The lowest BCUT2D eigenvalue weighted by atomic mass is 10.3. The molecule has 0 unspecified atom stereocenters. The molecule has 0 saturated heterocycles. The molecular formula is C14H18N4O4S4. The maximum atomic E-state index is 12.6. The van der Waals surface area contributed by atoms with Gasteiger partial charge in [-0.05, 0) is 17.9 Å². The predicted octanol–water partition coefficient (Wildman–Crippen LogP) is 3.74. The fourth-order valence-electron chi connectivity index (χ4n) is 2.11. The molecule has 0 aliphatic heterocycles. The highest BCUT2D eigenvalue weighted by Gasteiger charge is 2.26. The third-order valence-electron chi connectivity index (χ3n) is 3.32. The Labute approximate surface area is 164 Å². The van der Waals surface area contributed by atoms with Crippen molar-refractivity contribution in [3.8, 4) is 0 Å². The minimum Gasteiger partial charge on any atom is -0.258 e. The average molecular weight is 435 g/mol. The molecule has 8 nitrogen and oxygen atoms in total. The Balaban J connectivity index is 2.38. The summed E-state index contributed by atoms with van der Waals surface area (Å²) in [5.41, 5.74) is -0.261. The summed E-state index contributed by atoms with van der Waals surface area (Å²) in [7, 11) is -3.76. The summed E-state index contributed by atoms with van der Waals surface area (Å²) < 4.78 is 27.8. The van der Waals surface area contributed by atoms with Crippen LogP contribution in [0.2, 0.25) is 0 Å². The van der Waals surface area contributed by atoms with Crippen molar-refractivity contribution in [3.63, 3.8) is 0 Å². The van der Waals surface area contributed by atoms with E-state index in [1.165, 1.54) is 27.8 Å². The number of thioether (sulfide) groups is 1. The van der Waals surface area contributed by atoms with Crippen LogP contribution in [0.4, 0.5) is 5.69 Å². The van der Waals surface area contributed by atoms with E-state index >= 15 is 0 Å². The van der Waals surface area contributed by atoms with Crippen molar-refractivity contribution in [2.75, 3.05) is 18.8 Å². The van der Waals surface area contributed by atoms with E-state index in [4.69, 9.17) is 0 Å². The van der Waals surface area contributed by atoms with Gasteiger partial charge >= 0.3 is 0 Å². The first-order chi connectivity index (χ1) is 12.3. The molecule has 12 heteroatoms. The van der Waals surface area contributed by atoms with Crippen molar-refractivity contribution >= 4 is 50.6 Å². The maximum absolute atomic E-state index is 12.6. The van der Waals surface area contributed by atoms with Gasteiger partial charge in [0.15, 0.2) is 8.68 Å². The van der Waals surface area contributed by atoms with Gasteiger partial charge in [0.2, 0.25) is 10.0 Å². The first kappa shape index (κ1) is 21.1. The summed E-state index contributed by atoms with van der Waals surface area (Å²) in [5.74, 6) is 0.858. The zero-order valence-electron chi connectivity index (χ0n) is 14.4. The Hall–Kier alpha value is -1.21. The maximum Gasteiger partial charge on any atom is 0.284 e. The van der Waals surface area contributed by atoms with Gasteiger partial charge in [0.25, 0.3) is 5.69 Å². The van der Waals surface area contributed by atoms with Crippen molar-refractivity contribution in [1.82, 2.24) is 14.5 Å². The second kappa shape index (κ2) is 9.13. The van der Waals surface area contributed by atoms with Crippen LogP contribution >= 0.6 is 34.9 Å². The first-order valence-electron chi connectivity index (χ1n) is 7.76. The van der Waals surface area contributed by atoms with E-state index < -0.39 is 14.9 Å². The zero-order valence-corrected chi connectivity index (χ0v) is 17.7. The molecule has 1 heterocycles. The van der Waals surface area contributed by atoms with Crippen LogP contribution < -0.4 is 0 Å². The average Bonchev–Trinajstić information content (AvgIpc) is 3.03. The zero-order chi connectivity index (χ0) is 19.3. The lowest BCUT2D eigenvalue weighted by molar-refractivity contribution is -0.388. The minimum atomic E-state index is -3.76. The monoisotopic (exact) mass is 434 g/mol. The Morgan fingerprint density at radius 2 is 1.85 bits per heavy atom. The summed E-state index contributed by atoms with van der Waals surface area (Å²) in [4.78, 5) is 11.1. The van der Waals surface area contributed by atoms with Crippen LogP contribution in [0.15, 0.2) is 36.7 Å². The number of rotatable bonds is 9. The molecule has 0 atom stereocenters. The van der Waals surface area contributed by atoms with Crippen molar-refractivity contribution in [2.45, 2.75) is 39.2 Å². The van der Waals surface area contributed by atoms with Crippen molar-refractivity contribution < 1.29 is 13.3 Å². The van der Waals surface area contributed by atoms with Crippen LogP contribution in [-0.2, 0) is 10.0 Å². The number of hydrogen-bond donors (Lipinski definition) is 0. The Morgan fingerprint density at radius 3 is 2.42 bits per heavy atom. The Bertz CT molecular complexity index is 881. The number of sulfonamides is 1. The van der Waals surface area contributed by atoms with Crippen molar-refractivity contribution in [3.05, 3.63) is 28.3 Å². The van der Waals surface area contributed by atoms with Gasteiger partial charge in [0.1, 0.15) is 0 Å². The third-order valence-corrected chi connectivity index (χ3v) is 8.42. The van der Waals surface area contributed by atoms with E-state index in [-0.39, 0.29) is 10.6 Å². The van der Waals surface area contributed by atoms with Gasteiger partial charge in [-0.2, -0.15) is 4.31 Å². The molecule has 0 fully saturated rings. The molecule has 0 aliphatic carbocycles. The van der Waals surface area contributed by atoms with Gasteiger partial charge < -0.3 is 0 Å². The van der Waals surface area contributed by atoms with Crippen molar-refractivity contribution in [1.29, 1.82) is 0 Å². The van der Waals surface area contributed by atoms with Crippen LogP contribution in [0.3, 0.4) is 0 Å². The molecule has 0 aliphatic rings. The molecular weight excluding hydrogens is 416 g/mol. The van der Waals surface area contributed by atoms with Crippen LogP contribution in [0, 0.1) is 10.1 Å². The molecule has 142 valence electrons. The fraction of sp³-hybridized carbons (Fsp3) is 0.429. The van der Waals surface area contributed by atoms with Crippen LogP contribution in [0.25, 0.3) is 0 Å². The number of nitro benzene ring substituents is 1.